The molecule has 0 saturated carbocycles. The Morgan fingerprint density at radius 3 is 2.58 bits per heavy atom. The Hall–Kier alpha value is -0.450. The van der Waals surface area contributed by atoms with Gasteiger partial charge in [0, 0.05) is 11.5 Å². The van der Waals surface area contributed by atoms with Crippen LogP contribution in [0.5, 0.6) is 0 Å². The lowest BCUT2D eigenvalue weighted by molar-refractivity contribution is 1.02. The Bertz CT molecular complexity index is 301. The minimum atomic E-state index is 0.491. The van der Waals surface area contributed by atoms with E-state index >= 15 is 0 Å². The van der Waals surface area contributed by atoms with Crippen molar-refractivity contribution >= 4 is 38.9 Å². The molecule has 3 nitrogen and oxygen atoms in total. The summed E-state index contributed by atoms with van der Waals surface area (Å²) in [7, 11) is 1.70. The third-order valence-corrected chi connectivity index (χ3v) is 2.22. The van der Waals surface area contributed by atoms with Crippen LogP contribution in [0.15, 0.2) is 16.6 Å². The summed E-state index contributed by atoms with van der Waals surface area (Å²) in [5, 5.41) is 1.92. The quantitative estimate of drug-likeness (QED) is 0.455. The highest BCUT2D eigenvalue weighted by molar-refractivity contribution is 9.10. The predicted octanol–water partition coefficient (Wildman–Crippen LogP) is 1.99. The summed E-state index contributed by atoms with van der Waals surface area (Å²) in [5.74, 6) is 5.53. The number of hydrazine groups is 1. The fourth-order valence-electron chi connectivity index (χ4n) is 0.863. The first-order valence-corrected chi connectivity index (χ1v) is 4.42. The number of rotatable bonds is 1. The highest BCUT2D eigenvalue weighted by Crippen LogP contribution is 2.32. The molecule has 0 saturated heterocycles. The van der Waals surface area contributed by atoms with Crippen molar-refractivity contribution in [2.45, 2.75) is 0 Å². The number of anilines is 2. The second kappa shape index (κ2) is 3.51. The molecular formula is C7H9BrClN3. The van der Waals surface area contributed by atoms with Gasteiger partial charge < -0.3 is 10.7 Å². The van der Waals surface area contributed by atoms with Crippen LogP contribution in [0.2, 0.25) is 5.02 Å². The normalized spacial score (nSPS) is 10.0. The van der Waals surface area contributed by atoms with Gasteiger partial charge in [-0.05, 0) is 12.1 Å². The molecule has 0 unspecified atom stereocenters. The van der Waals surface area contributed by atoms with E-state index in [1.54, 1.807) is 19.2 Å². The molecule has 0 amide bonds. The van der Waals surface area contributed by atoms with Gasteiger partial charge in [0.2, 0.25) is 0 Å². The topological polar surface area (TPSA) is 55.3 Å². The minimum absolute atomic E-state index is 0.491. The predicted molar refractivity (Wildman–Crippen MR) is 56.2 cm³/mol. The zero-order valence-electron chi connectivity index (χ0n) is 6.51. The molecule has 0 heterocycles. The third-order valence-electron chi connectivity index (χ3n) is 1.45. The summed E-state index contributed by atoms with van der Waals surface area (Å²) >= 11 is 9.12. The number of nitrogen functional groups attached to an aromatic ring is 1. The van der Waals surface area contributed by atoms with Crippen molar-refractivity contribution in [2.24, 2.45) is 5.84 Å². The molecule has 5 heteroatoms. The van der Waals surface area contributed by atoms with Crippen LogP contribution in [0.25, 0.3) is 0 Å². The molecule has 1 aromatic rings. The zero-order valence-corrected chi connectivity index (χ0v) is 8.85. The molecule has 0 fully saturated rings. The lowest BCUT2D eigenvalue weighted by Gasteiger charge is -2.15. The van der Waals surface area contributed by atoms with E-state index in [1.807, 2.05) is 0 Å². The lowest BCUT2D eigenvalue weighted by atomic mass is 10.2. The molecule has 4 N–H and O–H groups in total. The molecule has 0 aromatic heterocycles. The SMILES string of the molecule is CN(N)c1cc(Br)cc(Cl)c1N. The Morgan fingerprint density at radius 2 is 2.08 bits per heavy atom. The van der Waals surface area contributed by atoms with E-state index in [0.717, 1.165) is 4.47 Å². The van der Waals surface area contributed by atoms with Crippen LogP contribution in [0, 0.1) is 0 Å². The first kappa shape index (κ1) is 9.64. The molecule has 0 spiro atoms. The van der Waals surface area contributed by atoms with E-state index < -0.39 is 0 Å². The summed E-state index contributed by atoms with van der Waals surface area (Å²) in [6.07, 6.45) is 0. The number of nitrogens with zero attached hydrogens (tertiary/aromatic N) is 1. The second-order valence-electron chi connectivity index (χ2n) is 2.43. The highest BCUT2D eigenvalue weighted by Gasteiger charge is 2.06. The fourth-order valence-corrected chi connectivity index (χ4v) is 1.65. The van der Waals surface area contributed by atoms with Crippen molar-refractivity contribution in [1.29, 1.82) is 0 Å². The van der Waals surface area contributed by atoms with Gasteiger partial charge in [0.15, 0.2) is 0 Å². The van der Waals surface area contributed by atoms with Crippen LogP contribution in [0.3, 0.4) is 0 Å². The largest absolute Gasteiger partial charge is 0.396 e. The van der Waals surface area contributed by atoms with Crippen molar-refractivity contribution in [3.8, 4) is 0 Å². The molecular weight excluding hydrogens is 241 g/mol. The monoisotopic (exact) mass is 249 g/mol. The van der Waals surface area contributed by atoms with Gasteiger partial charge in [0.25, 0.3) is 0 Å². The van der Waals surface area contributed by atoms with Gasteiger partial charge in [-0.15, -0.1) is 0 Å². The summed E-state index contributed by atoms with van der Waals surface area (Å²) < 4.78 is 0.856. The number of halogens is 2. The van der Waals surface area contributed by atoms with E-state index in [1.165, 1.54) is 5.01 Å². The first-order chi connectivity index (χ1) is 5.52. The maximum absolute atomic E-state index is 5.83. The average Bonchev–Trinajstić information content (AvgIpc) is 1.96. The van der Waals surface area contributed by atoms with Crippen molar-refractivity contribution in [1.82, 2.24) is 0 Å². The van der Waals surface area contributed by atoms with Crippen molar-refractivity contribution in [3.63, 3.8) is 0 Å². The van der Waals surface area contributed by atoms with E-state index in [0.29, 0.717) is 16.4 Å². The molecule has 0 aliphatic heterocycles. The van der Waals surface area contributed by atoms with Crippen LogP contribution in [-0.2, 0) is 0 Å². The molecule has 66 valence electrons. The number of hydrogen-bond acceptors (Lipinski definition) is 3. The third kappa shape index (κ3) is 1.83. The van der Waals surface area contributed by atoms with E-state index in [9.17, 15) is 0 Å². The Labute approximate surface area is 84.4 Å². The summed E-state index contributed by atoms with van der Waals surface area (Å²) in [4.78, 5) is 0. The Morgan fingerprint density at radius 1 is 1.50 bits per heavy atom. The van der Waals surface area contributed by atoms with Gasteiger partial charge in [-0.3, -0.25) is 0 Å². The second-order valence-corrected chi connectivity index (χ2v) is 3.75. The first-order valence-electron chi connectivity index (χ1n) is 3.25. The molecule has 0 aliphatic carbocycles. The standard InChI is InChI=1S/C7H9BrClN3/c1-12(11)6-3-4(8)2-5(9)7(6)10/h2-3H,10-11H2,1H3. The molecule has 0 radical (unpaired) electrons. The summed E-state index contributed by atoms with van der Waals surface area (Å²) in [6, 6.07) is 3.53. The van der Waals surface area contributed by atoms with E-state index in [-0.39, 0.29) is 0 Å². The summed E-state index contributed by atoms with van der Waals surface area (Å²) in [6.45, 7) is 0. The lowest BCUT2D eigenvalue weighted by Crippen LogP contribution is -2.26. The number of benzene rings is 1. The van der Waals surface area contributed by atoms with Crippen LogP contribution in [-0.4, -0.2) is 7.05 Å². The van der Waals surface area contributed by atoms with Gasteiger partial charge in [0.1, 0.15) is 0 Å². The van der Waals surface area contributed by atoms with Gasteiger partial charge in [0.05, 0.1) is 16.4 Å². The Kier molecular flexibility index (Phi) is 2.82. The molecule has 1 aromatic carbocycles. The van der Waals surface area contributed by atoms with Crippen LogP contribution < -0.4 is 16.6 Å². The molecule has 0 atom stereocenters. The van der Waals surface area contributed by atoms with Crippen molar-refractivity contribution in [2.75, 3.05) is 17.8 Å². The summed E-state index contributed by atoms with van der Waals surface area (Å²) in [5.41, 5.74) is 6.87. The Balaban J connectivity index is 3.28. The fraction of sp³-hybridized carbons (Fsp3) is 0.143. The molecule has 12 heavy (non-hydrogen) atoms. The number of hydrogen-bond donors (Lipinski definition) is 2. The van der Waals surface area contributed by atoms with Crippen molar-refractivity contribution < 1.29 is 0 Å². The van der Waals surface area contributed by atoms with Crippen molar-refractivity contribution in [3.05, 3.63) is 21.6 Å². The molecule has 0 bridgehead atoms. The minimum Gasteiger partial charge on any atom is -0.396 e. The molecule has 1 rings (SSSR count). The van der Waals surface area contributed by atoms with E-state index in [4.69, 9.17) is 23.2 Å². The molecule has 0 aliphatic rings. The van der Waals surface area contributed by atoms with Crippen LogP contribution in [0.4, 0.5) is 11.4 Å². The number of nitrogens with two attached hydrogens (primary N) is 2. The van der Waals surface area contributed by atoms with E-state index in [2.05, 4.69) is 15.9 Å². The average molecular weight is 251 g/mol. The smallest absolute Gasteiger partial charge is 0.0770 e. The van der Waals surface area contributed by atoms with Gasteiger partial charge >= 0.3 is 0 Å². The highest BCUT2D eigenvalue weighted by atomic mass is 79.9. The van der Waals surface area contributed by atoms with Crippen LogP contribution >= 0.6 is 27.5 Å². The van der Waals surface area contributed by atoms with Crippen LogP contribution in [0.1, 0.15) is 0 Å². The van der Waals surface area contributed by atoms with Gasteiger partial charge in [-0.2, -0.15) is 0 Å². The van der Waals surface area contributed by atoms with Gasteiger partial charge in [-0.1, -0.05) is 27.5 Å². The van der Waals surface area contributed by atoms with Gasteiger partial charge in [-0.25, -0.2) is 5.84 Å². The maximum atomic E-state index is 5.83. The zero-order chi connectivity index (χ0) is 9.30. The maximum Gasteiger partial charge on any atom is 0.0770 e.